The van der Waals surface area contributed by atoms with Crippen LogP contribution in [-0.4, -0.2) is 69.5 Å². The van der Waals surface area contributed by atoms with Crippen LogP contribution in [0, 0.1) is 5.82 Å². The van der Waals surface area contributed by atoms with Crippen molar-refractivity contribution in [2.24, 2.45) is 0 Å². The predicted molar refractivity (Wildman–Crippen MR) is 107 cm³/mol. The molecule has 0 saturated carbocycles. The van der Waals surface area contributed by atoms with Gasteiger partial charge in [-0.1, -0.05) is 0 Å². The number of carbonyl (C=O) groups is 2. The van der Waals surface area contributed by atoms with Gasteiger partial charge in [0.25, 0.3) is 5.56 Å². The fourth-order valence-corrected chi connectivity index (χ4v) is 4.33. The number of nitrogens with zero attached hydrogens (tertiary/aromatic N) is 2. The lowest BCUT2D eigenvalue weighted by molar-refractivity contribution is -0.127. The molecule has 11 nitrogen and oxygen atoms in total. The Morgan fingerprint density at radius 2 is 2.06 bits per heavy atom. The third-order valence-electron chi connectivity index (χ3n) is 5.75. The van der Waals surface area contributed by atoms with E-state index in [-0.39, 0.29) is 18.9 Å². The molecule has 5 atom stereocenters. The van der Waals surface area contributed by atoms with Gasteiger partial charge in [0, 0.05) is 13.0 Å². The summed E-state index contributed by atoms with van der Waals surface area (Å²) in [5, 5.41) is 2.89. The van der Waals surface area contributed by atoms with E-state index in [1.807, 2.05) is 4.98 Å². The zero-order valence-corrected chi connectivity index (χ0v) is 18.1. The summed E-state index contributed by atoms with van der Waals surface area (Å²) < 4.78 is 31.6. The first-order chi connectivity index (χ1) is 15.0. The van der Waals surface area contributed by atoms with E-state index in [0.717, 1.165) is 10.8 Å². The molecule has 5 unspecified atom stereocenters. The quantitative estimate of drug-likeness (QED) is 0.669. The van der Waals surface area contributed by atoms with E-state index in [0.29, 0.717) is 19.4 Å². The van der Waals surface area contributed by atoms with Crippen molar-refractivity contribution in [1.29, 1.82) is 0 Å². The maximum atomic E-state index is 13.6. The lowest BCUT2D eigenvalue weighted by Gasteiger charge is -2.29. The van der Waals surface area contributed by atoms with Crippen LogP contribution in [0.15, 0.2) is 15.8 Å². The molecule has 4 heterocycles. The topological polar surface area (TPSA) is 132 Å². The van der Waals surface area contributed by atoms with Crippen LogP contribution in [0.25, 0.3) is 0 Å². The average molecular weight is 454 g/mol. The van der Waals surface area contributed by atoms with Crippen molar-refractivity contribution in [1.82, 2.24) is 19.8 Å². The number of likely N-dealkylation sites (tertiary alicyclic amines) is 1. The van der Waals surface area contributed by atoms with Crippen molar-refractivity contribution in [3.05, 3.63) is 32.9 Å². The molecule has 0 bridgehead atoms. The smallest absolute Gasteiger partial charge is 0.410 e. The highest BCUT2D eigenvalue weighted by Crippen LogP contribution is 2.36. The fraction of sp³-hybridized carbons (Fsp3) is 0.700. The zero-order chi connectivity index (χ0) is 23.2. The molecule has 3 aliphatic rings. The number of amides is 2. The Morgan fingerprint density at radius 1 is 1.31 bits per heavy atom. The van der Waals surface area contributed by atoms with Gasteiger partial charge in [-0.3, -0.25) is 24.0 Å². The Balaban J connectivity index is 1.41. The molecule has 1 aromatic heterocycles. The van der Waals surface area contributed by atoms with Crippen molar-refractivity contribution < 1.29 is 28.2 Å². The first-order valence-corrected chi connectivity index (χ1v) is 10.6. The van der Waals surface area contributed by atoms with E-state index in [4.69, 9.17) is 14.2 Å². The van der Waals surface area contributed by atoms with Gasteiger partial charge in [0.2, 0.25) is 11.7 Å². The van der Waals surface area contributed by atoms with Crippen LogP contribution in [-0.2, 0) is 19.0 Å². The van der Waals surface area contributed by atoms with Crippen molar-refractivity contribution in [2.45, 2.75) is 76.2 Å². The van der Waals surface area contributed by atoms with Crippen molar-refractivity contribution >= 4 is 12.0 Å². The summed E-state index contributed by atoms with van der Waals surface area (Å²) in [5.74, 6) is -1.43. The summed E-state index contributed by atoms with van der Waals surface area (Å²) in [7, 11) is 0. The standard InChI is InChI=1S/C20H27FN4O7/c1-20(2,3)32-19(29)24-6-4-5-12(24)17(27)22-11-9-30-13-7-14(31-15(11)13)25-8-10(21)16(26)23-18(25)28/h8,11-15H,4-7,9H2,1-3H3,(H,22,27)(H,23,26,28). The summed E-state index contributed by atoms with van der Waals surface area (Å²) >= 11 is 0. The molecule has 3 saturated heterocycles. The Labute approximate surface area is 182 Å². The molecule has 0 radical (unpaired) electrons. The van der Waals surface area contributed by atoms with E-state index >= 15 is 0 Å². The van der Waals surface area contributed by atoms with Crippen LogP contribution in [0.1, 0.15) is 46.3 Å². The van der Waals surface area contributed by atoms with E-state index in [2.05, 4.69) is 5.32 Å². The Morgan fingerprint density at radius 3 is 2.78 bits per heavy atom. The predicted octanol–water partition coefficient (Wildman–Crippen LogP) is 0.246. The summed E-state index contributed by atoms with van der Waals surface area (Å²) in [4.78, 5) is 52.0. The van der Waals surface area contributed by atoms with E-state index < -0.39 is 59.3 Å². The number of hydrogen-bond donors (Lipinski definition) is 2. The van der Waals surface area contributed by atoms with Gasteiger partial charge in [-0.2, -0.15) is 4.39 Å². The summed E-state index contributed by atoms with van der Waals surface area (Å²) in [6.07, 6.45) is -0.0692. The van der Waals surface area contributed by atoms with E-state index in [1.54, 1.807) is 20.8 Å². The van der Waals surface area contributed by atoms with Gasteiger partial charge in [-0.25, -0.2) is 9.59 Å². The average Bonchev–Trinajstić information content (AvgIpc) is 3.40. The molecule has 0 aliphatic carbocycles. The van der Waals surface area contributed by atoms with Crippen LogP contribution in [0.4, 0.5) is 9.18 Å². The molecule has 0 spiro atoms. The van der Waals surface area contributed by atoms with Gasteiger partial charge in [-0.15, -0.1) is 0 Å². The first-order valence-electron chi connectivity index (χ1n) is 10.6. The first kappa shape index (κ1) is 22.5. The number of aromatic amines is 1. The molecule has 3 aliphatic heterocycles. The maximum absolute atomic E-state index is 13.6. The fourth-order valence-electron chi connectivity index (χ4n) is 4.33. The molecule has 32 heavy (non-hydrogen) atoms. The largest absolute Gasteiger partial charge is 0.444 e. The number of rotatable bonds is 3. The number of nitrogens with one attached hydrogen (secondary N) is 2. The number of halogens is 1. The van der Waals surface area contributed by atoms with Gasteiger partial charge in [0.15, 0.2) is 0 Å². The molecule has 3 fully saturated rings. The molecular weight excluding hydrogens is 427 g/mol. The Hall–Kier alpha value is -2.73. The Kier molecular flexibility index (Phi) is 5.84. The van der Waals surface area contributed by atoms with Gasteiger partial charge < -0.3 is 19.5 Å². The van der Waals surface area contributed by atoms with Crippen molar-refractivity contribution in [2.75, 3.05) is 13.2 Å². The highest BCUT2D eigenvalue weighted by Gasteiger charge is 2.48. The number of aromatic nitrogens is 2. The van der Waals surface area contributed by atoms with Crippen molar-refractivity contribution in [3.63, 3.8) is 0 Å². The van der Waals surface area contributed by atoms with E-state index in [1.165, 1.54) is 4.90 Å². The minimum Gasteiger partial charge on any atom is -0.444 e. The molecule has 1 aromatic rings. The highest BCUT2D eigenvalue weighted by atomic mass is 19.1. The normalized spacial score (nSPS) is 29.8. The lowest BCUT2D eigenvalue weighted by atomic mass is 10.1. The van der Waals surface area contributed by atoms with Gasteiger partial charge >= 0.3 is 11.8 Å². The van der Waals surface area contributed by atoms with Gasteiger partial charge in [-0.05, 0) is 33.6 Å². The van der Waals surface area contributed by atoms with E-state index in [9.17, 15) is 23.6 Å². The second-order valence-electron chi connectivity index (χ2n) is 9.25. The number of carbonyl (C=O) groups excluding carboxylic acids is 2. The van der Waals surface area contributed by atoms with Crippen molar-refractivity contribution in [3.8, 4) is 0 Å². The molecule has 176 valence electrons. The Bertz CT molecular complexity index is 1020. The third-order valence-corrected chi connectivity index (χ3v) is 5.75. The number of fused-ring (bicyclic) bond motifs is 1. The number of hydrogen-bond acceptors (Lipinski definition) is 7. The summed E-state index contributed by atoms with van der Waals surface area (Å²) in [6, 6.07) is -1.15. The van der Waals surface area contributed by atoms with Crippen LogP contribution in [0.3, 0.4) is 0 Å². The lowest BCUT2D eigenvalue weighted by Crippen LogP contribution is -2.52. The minimum absolute atomic E-state index is 0.210. The zero-order valence-electron chi connectivity index (χ0n) is 18.1. The second-order valence-corrected chi connectivity index (χ2v) is 9.25. The molecule has 0 aromatic carbocycles. The minimum atomic E-state index is -1.10. The molecule has 2 amide bonds. The van der Waals surface area contributed by atoms with Crippen LogP contribution < -0.4 is 16.6 Å². The molecular formula is C20H27FN4O7. The van der Waals surface area contributed by atoms with Crippen LogP contribution in [0.5, 0.6) is 0 Å². The molecule has 2 N–H and O–H groups in total. The summed E-state index contributed by atoms with van der Waals surface area (Å²) in [6.45, 7) is 5.93. The molecule has 12 heteroatoms. The van der Waals surface area contributed by atoms with Crippen LogP contribution >= 0.6 is 0 Å². The molecule has 4 rings (SSSR count). The maximum Gasteiger partial charge on any atom is 0.410 e. The van der Waals surface area contributed by atoms with Crippen LogP contribution in [0.2, 0.25) is 0 Å². The number of ether oxygens (including phenoxy) is 3. The SMILES string of the molecule is CC(C)(C)OC(=O)N1CCCC1C(=O)NC1COC2CC(n3cc(F)c(=O)[nH]c3=O)OC12. The second kappa shape index (κ2) is 8.32. The van der Waals surface area contributed by atoms with Gasteiger partial charge in [0.05, 0.1) is 24.9 Å². The number of H-pyrrole nitrogens is 1. The monoisotopic (exact) mass is 454 g/mol. The third kappa shape index (κ3) is 4.42. The highest BCUT2D eigenvalue weighted by molar-refractivity contribution is 5.86. The van der Waals surface area contributed by atoms with Gasteiger partial charge in [0.1, 0.15) is 24.0 Å². The summed E-state index contributed by atoms with van der Waals surface area (Å²) in [5.41, 5.74) is -2.56.